The molecule has 1 amide bonds. The van der Waals surface area contributed by atoms with Crippen LogP contribution in [0.1, 0.15) is 44.4 Å². The molecule has 2 rings (SSSR count). The molecule has 4 nitrogen and oxygen atoms in total. The zero-order chi connectivity index (χ0) is 14.4. The van der Waals surface area contributed by atoms with Gasteiger partial charge in [0.25, 0.3) is 0 Å². The minimum absolute atomic E-state index is 0.188. The Morgan fingerprint density at radius 1 is 1.40 bits per heavy atom. The van der Waals surface area contributed by atoms with Crippen LogP contribution in [0.15, 0.2) is 18.3 Å². The number of piperidine rings is 1. The molecule has 20 heavy (non-hydrogen) atoms. The van der Waals surface area contributed by atoms with E-state index in [0.717, 1.165) is 44.5 Å². The van der Waals surface area contributed by atoms with Crippen molar-refractivity contribution in [3.8, 4) is 0 Å². The molecule has 1 fully saturated rings. The molecule has 0 radical (unpaired) electrons. The number of hydrogen-bond donors (Lipinski definition) is 2. The monoisotopic (exact) mass is 275 g/mol. The molecule has 110 valence electrons. The summed E-state index contributed by atoms with van der Waals surface area (Å²) in [6, 6.07) is 4.03. The maximum atomic E-state index is 12.6. The van der Waals surface area contributed by atoms with E-state index in [0.29, 0.717) is 6.54 Å². The zero-order valence-electron chi connectivity index (χ0n) is 12.5. The van der Waals surface area contributed by atoms with Gasteiger partial charge in [0, 0.05) is 6.20 Å². The van der Waals surface area contributed by atoms with Gasteiger partial charge in [-0.25, -0.2) is 0 Å². The fourth-order valence-corrected chi connectivity index (χ4v) is 2.95. The van der Waals surface area contributed by atoms with Crippen LogP contribution in [0.4, 0.5) is 0 Å². The number of amides is 1. The summed E-state index contributed by atoms with van der Waals surface area (Å²) in [5, 5.41) is 6.43. The van der Waals surface area contributed by atoms with Crippen LogP contribution >= 0.6 is 0 Å². The van der Waals surface area contributed by atoms with Gasteiger partial charge in [0.2, 0.25) is 5.91 Å². The average molecular weight is 275 g/mol. The largest absolute Gasteiger partial charge is 0.350 e. The molecular weight excluding hydrogens is 250 g/mol. The third kappa shape index (κ3) is 3.18. The molecule has 1 aliphatic rings. The van der Waals surface area contributed by atoms with Crippen molar-refractivity contribution in [2.24, 2.45) is 5.41 Å². The lowest BCUT2D eigenvalue weighted by atomic mass is 9.76. The first kappa shape index (κ1) is 15.0. The molecule has 0 aromatic carbocycles. The number of nitrogens with zero attached hydrogens (tertiary/aromatic N) is 1. The van der Waals surface area contributed by atoms with Gasteiger partial charge in [0.05, 0.1) is 17.7 Å². The Bertz CT molecular complexity index is 453. The Morgan fingerprint density at radius 2 is 2.15 bits per heavy atom. The first-order valence-corrected chi connectivity index (χ1v) is 7.63. The van der Waals surface area contributed by atoms with Crippen molar-refractivity contribution in [3.05, 3.63) is 29.6 Å². The van der Waals surface area contributed by atoms with Gasteiger partial charge >= 0.3 is 0 Å². The lowest BCUT2D eigenvalue weighted by Crippen LogP contribution is -2.47. The van der Waals surface area contributed by atoms with Crippen molar-refractivity contribution in [3.63, 3.8) is 0 Å². The highest BCUT2D eigenvalue weighted by atomic mass is 16.2. The van der Waals surface area contributed by atoms with Gasteiger partial charge in [-0.05, 0) is 50.4 Å². The van der Waals surface area contributed by atoms with Crippen molar-refractivity contribution >= 4 is 5.91 Å². The summed E-state index contributed by atoms with van der Waals surface area (Å²) >= 11 is 0. The molecule has 0 spiro atoms. The highest BCUT2D eigenvalue weighted by Gasteiger charge is 2.37. The van der Waals surface area contributed by atoms with E-state index in [-0.39, 0.29) is 11.3 Å². The quantitative estimate of drug-likeness (QED) is 0.864. The predicted octanol–water partition coefficient (Wildman–Crippen LogP) is 2.04. The number of carbonyl (C=O) groups is 1. The maximum Gasteiger partial charge on any atom is 0.226 e. The summed E-state index contributed by atoms with van der Waals surface area (Å²) in [5.74, 6) is 0.189. The van der Waals surface area contributed by atoms with E-state index in [9.17, 15) is 4.79 Å². The molecule has 0 atom stereocenters. The molecule has 2 heterocycles. The Balaban J connectivity index is 2.00. The number of pyridine rings is 1. The predicted molar refractivity (Wildman–Crippen MR) is 80.3 cm³/mol. The summed E-state index contributed by atoms with van der Waals surface area (Å²) < 4.78 is 0. The topological polar surface area (TPSA) is 54.0 Å². The smallest absolute Gasteiger partial charge is 0.226 e. The molecule has 0 aliphatic carbocycles. The van der Waals surface area contributed by atoms with Crippen LogP contribution in [-0.4, -0.2) is 24.0 Å². The lowest BCUT2D eigenvalue weighted by Gasteiger charge is -2.35. The third-order valence-corrected chi connectivity index (χ3v) is 4.50. The number of nitrogens with one attached hydrogen (secondary N) is 2. The molecule has 1 saturated heterocycles. The number of rotatable bonds is 5. The van der Waals surface area contributed by atoms with Gasteiger partial charge in [-0.3, -0.25) is 9.78 Å². The second kappa shape index (κ2) is 6.84. The van der Waals surface area contributed by atoms with Crippen molar-refractivity contribution in [1.29, 1.82) is 0 Å². The standard InChI is InChI=1S/C16H25N3O/c1-3-13-6-5-9-18-14(13)12-19-15(20)16(4-2)7-10-17-11-8-16/h5-6,9,17H,3-4,7-8,10-12H2,1-2H3,(H,19,20). The second-order valence-electron chi connectivity index (χ2n) is 5.53. The Kier molecular flexibility index (Phi) is 5.12. The van der Waals surface area contributed by atoms with Gasteiger partial charge in [0.1, 0.15) is 0 Å². The van der Waals surface area contributed by atoms with Crippen LogP contribution in [0.25, 0.3) is 0 Å². The summed E-state index contributed by atoms with van der Waals surface area (Å²) in [6.07, 6.45) is 5.50. The molecule has 0 saturated carbocycles. The number of hydrogen-bond acceptors (Lipinski definition) is 3. The van der Waals surface area contributed by atoms with Crippen LogP contribution in [0.2, 0.25) is 0 Å². The van der Waals surface area contributed by atoms with Gasteiger partial charge in [-0.2, -0.15) is 0 Å². The summed E-state index contributed by atoms with van der Waals surface area (Å²) in [5.41, 5.74) is 2.01. The normalized spacial score (nSPS) is 17.7. The van der Waals surface area contributed by atoms with E-state index in [1.165, 1.54) is 5.56 Å². The zero-order valence-corrected chi connectivity index (χ0v) is 12.5. The van der Waals surface area contributed by atoms with Crippen LogP contribution in [0, 0.1) is 5.41 Å². The molecule has 1 aromatic heterocycles. The first-order valence-electron chi connectivity index (χ1n) is 7.63. The van der Waals surface area contributed by atoms with Crippen molar-refractivity contribution in [1.82, 2.24) is 15.6 Å². The van der Waals surface area contributed by atoms with E-state index in [1.54, 1.807) is 6.20 Å². The Labute approximate surface area is 121 Å². The summed E-state index contributed by atoms with van der Waals surface area (Å²) in [7, 11) is 0. The number of aromatic nitrogens is 1. The van der Waals surface area contributed by atoms with Gasteiger partial charge in [-0.15, -0.1) is 0 Å². The molecule has 1 aliphatic heterocycles. The van der Waals surface area contributed by atoms with Gasteiger partial charge in [0.15, 0.2) is 0 Å². The van der Waals surface area contributed by atoms with Crippen molar-refractivity contribution in [2.45, 2.75) is 46.1 Å². The van der Waals surface area contributed by atoms with Crippen molar-refractivity contribution < 1.29 is 4.79 Å². The lowest BCUT2D eigenvalue weighted by molar-refractivity contribution is -0.133. The van der Waals surface area contributed by atoms with Gasteiger partial charge < -0.3 is 10.6 Å². The van der Waals surface area contributed by atoms with E-state index in [4.69, 9.17) is 0 Å². The Morgan fingerprint density at radius 3 is 2.80 bits per heavy atom. The SMILES string of the molecule is CCc1cccnc1CNC(=O)C1(CC)CCNCC1. The third-order valence-electron chi connectivity index (χ3n) is 4.50. The van der Waals surface area contributed by atoms with E-state index >= 15 is 0 Å². The number of aryl methyl sites for hydroxylation is 1. The average Bonchev–Trinajstić information content (AvgIpc) is 2.53. The minimum atomic E-state index is -0.188. The van der Waals surface area contributed by atoms with Gasteiger partial charge in [-0.1, -0.05) is 19.9 Å². The van der Waals surface area contributed by atoms with Crippen LogP contribution in [0.3, 0.4) is 0 Å². The molecular formula is C16H25N3O. The highest BCUT2D eigenvalue weighted by Crippen LogP contribution is 2.32. The van der Waals surface area contributed by atoms with Crippen molar-refractivity contribution in [2.75, 3.05) is 13.1 Å². The van der Waals surface area contributed by atoms with E-state index < -0.39 is 0 Å². The molecule has 1 aromatic rings. The first-order chi connectivity index (χ1) is 9.72. The van der Waals surface area contributed by atoms with Crippen LogP contribution in [-0.2, 0) is 17.8 Å². The Hall–Kier alpha value is -1.42. The molecule has 0 bridgehead atoms. The molecule has 0 unspecified atom stereocenters. The van der Waals surface area contributed by atoms with Crippen LogP contribution in [0.5, 0.6) is 0 Å². The minimum Gasteiger partial charge on any atom is -0.350 e. The molecule has 2 N–H and O–H groups in total. The highest BCUT2D eigenvalue weighted by molar-refractivity contribution is 5.82. The van der Waals surface area contributed by atoms with E-state index in [2.05, 4.69) is 35.5 Å². The van der Waals surface area contributed by atoms with E-state index in [1.807, 2.05) is 6.07 Å². The summed E-state index contributed by atoms with van der Waals surface area (Å²) in [4.78, 5) is 16.9. The second-order valence-corrected chi connectivity index (χ2v) is 5.53. The maximum absolute atomic E-state index is 12.6. The summed E-state index contributed by atoms with van der Waals surface area (Å²) in [6.45, 7) is 6.64. The fraction of sp³-hybridized carbons (Fsp3) is 0.625. The fourth-order valence-electron chi connectivity index (χ4n) is 2.95. The number of carbonyl (C=O) groups excluding carboxylic acids is 1. The molecule has 4 heteroatoms. The van der Waals surface area contributed by atoms with Crippen LogP contribution < -0.4 is 10.6 Å².